The summed E-state index contributed by atoms with van der Waals surface area (Å²) in [6.45, 7) is 0. The molecule has 0 aliphatic heterocycles. The number of imidazole rings is 1. The highest BCUT2D eigenvalue weighted by atomic mass is 35.5. The van der Waals surface area contributed by atoms with Crippen LogP contribution in [0.5, 0.6) is 0 Å². The first-order valence-corrected chi connectivity index (χ1v) is 8.07. The van der Waals surface area contributed by atoms with Gasteiger partial charge in [0.1, 0.15) is 12.1 Å². The fourth-order valence-electron chi connectivity index (χ4n) is 2.48. The molecule has 0 aliphatic carbocycles. The van der Waals surface area contributed by atoms with Gasteiger partial charge in [0.2, 0.25) is 0 Å². The summed E-state index contributed by atoms with van der Waals surface area (Å²) in [7, 11) is 3.84. The third kappa shape index (κ3) is 3.61. The van der Waals surface area contributed by atoms with Crippen LogP contribution in [0.4, 0.5) is 0 Å². The van der Waals surface area contributed by atoms with Crippen molar-refractivity contribution < 1.29 is 4.79 Å². The lowest BCUT2D eigenvalue weighted by atomic mass is 10.2. The monoisotopic (exact) mass is 352 g/mol. The van der Waals surface area contributed by atoms with E-state index in [1.54, 1.807) is 12.4 Å². The first-order chi connectivity index (χ1) is 12.1. The van der Waals surface area contributed by atoms with Crippen LogP contribution in [0, 0.1) is 0 Å². The molecule has 0 bridgehead atoms. The molecule has 6 heteroatoms. The Morgan fingerprint density at radius 3 is 2.64 bits per heavy atom. The van der Waals surface area contributed by atoms with E-state index < -0.39 is 0 Å². The lowest BCUT2D eigenvalue weighted by Gasteiger charge is -2.10. The number of halogens is 1. The Kier molecular flexibility index (Phi) is 4.95. The fraction of sp³-hybridized carbons (Fsp3) is 0.105. The molecule has 0 radical (unpaired) electrons. The van der Waals surface area contributed by atoms with Crippen molar-refractivity contribution in [3.05, 3.63) is 71.9 Å². The number of benzene rings is 1. The van der Waals surface area contributed by atoms with Gasteiger partial charge in [0.05, 0.1) is 17.2 Å². The molecule has 126 valence electrons. The van der Waals surface area contributed by atoms with Crippen LogP contribution in [0.2, 0.25) is 5.02 Å². The molecule has 0 unspecified atom stereocenters. The second kappa shape index (κ2) is 7.32. The number of hydrogen-bond acceptors (Lipinski definition) is 4. The Morgan fingerprint density at radius 2 is 1.96 bits per heavy atom. The molecule has 0 amide bonds. The quantitative estimate of drug-likeness (QED) is 0.399. The number of carbonyl (C=O) groups excluding carboxylic acids is 1. The third-order valence-corrected chi connectivity index (χ3v) is 3.85. The number of allylic oxidation sites excluding steroid dienone is 3. The van der Waals surface area contributed by atoms with Crippen LogP contribution in [-0.4, -0.2) is 39.8 Å². The van der Waals surface area contributed by atoms with Crippen LogP contribution in [0.25, 0.3) is 22.3 Å². The normalized spacial score (nSPS) is 12.0. The van der Waals surface area contributed by atoms with Crippen molar-refractivity contribution in [2.75, 3.05) is 14.1 Å². The smallest absolute Gasteiger partial charge is 0.145 e. The zero-order valence-electron chi connectivity index (χ0n) is 13.9. The molecule has 3 aromatic rings. The van der Waals surface area contributed by atoms with Gasteiger partial charge in [0.15, 0.2) is 0 Å². The molecule has 2 aromatic heterocycles. The predicted molar refractivity (Wildman–Crippen MR) is 101 cm³/mol. The summed E-state index contributed by atoms with van der Waals surface area (Å²) in [6, 6.07) is 9.31. The second-order valence-corrected chi connectivity index (χ2v) is 6.09. The molecule has 5 nitrogen and oxygen atoms in total. The van der Waals surface area contributed by atoms with E-state index in [4.69, 9.17) is 16.6 Å². The van der Waals surface area contributed by atoms with E-state index in [2.05, 4.69) is 4.98 Å². The number of rotatable bonds is 5. The van der Waals surface area contributed by atoms with Gasteiger partial charge < -0.3 is 4.90 Å². The lowest BCUT2D eigenvalue weighted by Crippen LogP contribution is -2.03. The van der Waals surface area contributed by atoms with Gasteiger partial charge in [-0.25, -0.2) is 4.98 Å². The molecule has 0 aliphatic rings. The van der Waals surface area contributed by atoms with E-state index in [0.29, 0.717) is 16.4 Å². The van der Waals surface area contributed by atoms with E-state index in [0.717, 1.165) is 23.0 Å². The van der Waals surface area contributed by atoms with Crippen molar-refractivity contribution in [2.45, 2.75) is 0 Å². The van der Waals surface area contributed by atoms with Crippen LogP contribution >= 0.6 is 11.6 Å². The van der Waals surface area contributed by atoms with Gasteiger partial charge in [-0.2, -0.15) is 0 Å². The van der Waals surface area contributed by atoms with Crippen molar-refractivity contribution in [2.24, 2.45) is 0 Å². The van der Waals surface area contributed by atoms with E-state index in [1.807, 2.05) is 66.2 Å². The van der Waals surface area contributed by atoms with Crippen LogP contribution in [0.1, 0.15) is 5.82 Å². The average Bonchev–Trinajstić information content (AvgIpc) is 2.98. The SMILES string of the molecule is CN(C)/C=C\C(=C/C=O)c1nc2ccncc2n1-c1ccc(Cl)cc1. The van der Waals surface area contributed by atoms with Crippen molar-refractivity contribution in [1.29, 1.82) is 0 Å². The number of aldehydes is 1. The molecule has 0 spiro atoms. The number of carbonyl (C=O) groups is 1. The maximum absolute atomic E-state index is 11.2. The van der Waals surface area contributed by atoms with E-state index >= 15 is 0 Å². The molecule has 2 heterocycles. The van der Waals surface area contributed by atoms with Crippen LogP contribution in [0.3, 0.4) is 0 Å². The third-order valence-electron chi connectivity index (χ3n) is 3.60. The molecule has 0 fully saturated rings. The van der Waals surface area contributed by atoms with E-state index in [9.17, 15) is 4.79 Å². The zero-order chi connectivity index (χ0) is 17.8. The van der Waals surface area contributed by atoms with Crippen molar-refractivity contribution in [1.82, 2.24) is 19.4 Å². The Labute approximate surface area is 150 Å². The number of pyridine rings is 1. The highest BCUT2D eigenvalue weighted by molar-refractivity contribution is 6.30. The van der Waals surface area contributed by atoms with Gasteiger partial charge in [-0.1, -0.05) is 11.6 Å². The number of fused-ring (bicyclic) bond motifs is 1. The van der Waals surface area contributed by atoms with Crippen molar-refractivity contribution in [3.8, 4) is 5.69 Å². The molecule has 0 saturated carbocycles. The molecular formula is C19H17ClN4O. The summed E-state index contributed by atoms with van der Waals surface area (Å²) >= 11 is 6.02. The summed E-state index contributed by atoms with van der Waals surface area (Å²) in [5.74, 6) is 0.663. The Balaban J connectivity index is 2.26. The highest BCUT2D eigenvalue weighted by Crippen LogP contribution is 2.26. The zero-order valence-corrected chi connectivity index (χ0v) is 14.7. The minimum absolute atomic E-state index is 0.656. The predicted octanol–water partition coefficient (Wildman–Crippen LogP) is 3.73. The van der Waals surface area contributed by atoms with Crippen molar-refractivity contribution >= 4 is 34.5 Å². The van der Waals surface area contributed by atoms with Crippen LogP contribution in [0.15, 0.2) is 61.1 Å². The summed E-state index contributed by atoms with van der Waals surface area (Å²) in [6.07, 6.45) is 9.45. The van der Waals surface area contributed by atoms with Gasteiger partial charge in [0.25, 0.3) is 0 Å². The van der Waals surface area contributed by atoms with E-state index in [-0.39, 0.29) is 0 Å². The largest absolute Gasteiger partial charge is 0.383 e. The lowest BCUT2D eigenvalue weighted by molar-refractivity contribution is -0.104. The van der Waals surface area contributed by atoms with Gasteiger partial charge >= 0.3 is 0 Å². The number of hydrogen-bond donors (Lipinski definition) is 0. The molecule has 1 aromatic carbocycles. The summed E-state index contributed by atoms with van der Waals surface area (Å²) in [5, 5.41) is 0.656. The Bertz CT molecular complexity index is 955. The minimum atomic E-state index is 0.656. The molecule has 25 heavy (non-hydrogen) atoms. The molecular weight excluding hydrogens is 336 g/mol. The molecule has 0 N–H and O–H groups in total. The first kappa shape index (κ1) is 16.9. The van der Waals surface area contributed by atoms with Gasteiger partial charge in [-0.05, 0) is 48.7 Å². The van der Waals surface area contributed by atoms with E-state index in [1.165, 1.54) is 6.08 Å². The maximum atomic E-state index is 11.2. The number of nitrogens with zero attached hydrogens (tertiary/aromatic N) is 4. The fourth-order valence-corrected chi connectivity index (χ4v) is 2.60. The Morgan fingerprint density at radius 1 is 1.20 bits per heavy atom. The standard InChI is InChI=1S/C19H17ClN4O/c1-23(2)11-8-14(9-12-25)19-22-17-7-10-21-13-18(17)24(19)16-5-3-15(20)4-6-16/h3-13H,1-2H3/b11-8-,14-9+. The van der Waals surface area contributed by atoms with Crippen LogP contribution < -0.4 is 0 Å². The van der Waals surface area contributed by atoms with Crippen LogP contribution in [-0.2, 0) is 4.79 Å². The average molecular weight is 353 g/mol. The summed E-state index contributed by atoms with van der Waals surface area (Å²) in [4.78, 5) is 22.0. The summed E-state index contributed by atoms with van der Waals surface area (Å²) in [5.41, 5.74) is 3.25. The van der Waals surface area contributed by atoms with Gasteiger partial charge in [-0.3, -0.25) is 14.3 Å². The number of aromatic nitrogens is 3. The minimum Gasteiger partial charge on any atom is -0.383 e. The highest BCUT2D eigenvalue weighted by Gasteiger charge is 2.15. The van der Waals surface area contributed by atoms with Gasteiger partial charge in [0, 0.05) is 36.6 Å². The maximum Gasteiger partial charge on any atom is 0.145 e. The topological polar surface area (TPSA) is 51.0 Å². The Hall–Kier alpha value is -2.92. The molecule has 0 saturated heterocycles. The molecule has 0 atom stereocenters. The van der Waals surface area contributed by atoms with Gasteiger partial charge in [-0.15, -0.1) is 0 Å². The molecule has 3 rings (SSSR count). The second-order valence-electron chi connectivity index (χ2n) is 5.65. The summed E-state index contributed by atoms with van der Waals surface area (Å²) < 4.78 is 1.97. The first-order valence-electron chi connectivity index (χ1n) is 7.69. The van der Waals surface area contributed by atoms with Crippen molar-refractivity contribution in [3.63, 3.8) is 0 Å².